The summed E-state index contributed by atoms with van der Waals surface area (Å²) in [6.07, 6.45) is 1.53. The van der Waals surface area contributed by atoms with E-state index in [0.29, 0.717) is 17.3 Å². The first-order valence-corrected chi connectivity index (χ1v) is 7.84. The van der Waals surface area contributed by atoms with Gasteiger partial charge >= 0.3 is 0 Å². The number of rotatable bonds is 7. The van der Waals surface area contributed by atoms with Gasteiger partial charge in [-0.15, -0.1) is 0 Å². The van der Waals surface area contributed by atoms with Gasteiger partial charge in [-0.05, 0) is 30.3 Å². The van der Waals surface area contributed by atoms with E-state index in [9.17, 15) is 9.59 Å². The van der Waals surface area contributed by atoms with Gasteiger partial charge in [-0.1, -0.05) is 11.6 Å². The van der Waals surface area contributed by atoms with Gasteiger partial charge in [-0.3, -0.25) is 9.59 Å². The van der Waals surface area contributed by atoms with Gasteiger partial charge in [0.25, 0.3) is 11.8 Å². The minimum absolute atomic E-state index is 0.206. The Hall–Kier alpha value is -2.64. The maximum Gasteiger partial charge on any atom is 0.261 e. The van der Waals surface area contributed by atoms with Crippen LogP contribution in [0.5, 0.6) is 5.88 Å². The van der Waals surface area contributed by atoms with Crippen LogP contribution in [-0.4, -0.2) is 44.2 Å². The fraction of sp³-hybridized carbons (Fsp3) is 0.235. The second kappa shape index (κ2) is 9.00. The number of nitrogens with zero attached hydrogens (tertiary/aromatic N) is 1. The summed E-state index contributed by atoms with van der Waals surface area (Å²) < 4.78 is 10.4. The van der Waals surface area contributed by atoms with Crippen LogP contribution in [0.1, 0.15) is 20.7 Å². The molecule has 0 saturated heterocycles. The second-order valence-corrected chi connectivity index (χ2v) is 5.33. The van der Waals surface area contributed by atoms with E-state index in [1.54, 1.807) is 31.4 Å². The van der Waals surface area contributed by atoms with Crippen molar-refractivity contribution in [1.29, 1.82) is 0 Å². The third kappa shape index (κ3) is 4.91. The molecule has 1 aromatic heterocycles. The Morgan fingerprint density at radius 2 is 1.96 bits per heavy atom. The van der Waals surface area contributed by atoms with Gasteiger partial charge in [0.15, 0.2) is 0 Å². The number of hydrogen-bond acceptors (Lipinski definition) is 5. The van der Waals surface area contributed by atoms with E-state index >= 15 is 0 Å². The Kier molecular flexibility index (Phi) is 6.73. The van der Waals surface area contributed by atoms with Crippen molar-refractivity contribution in [2.45, 2.75) is 0 Å². The predicted octanol–water partition coefficient (Wildman–Crippen LogP) is 2.37. The molecule has 0 radical (unpaired) electrons. The number of methoxy groups -OCH3 is 1. The molecular weight excluding hydrogens is 346 g/mol. The zero-order valence-corrected chi connectivity index (χ0v) is 14.6. The maximum absolute atomic E-state index is 12.5. The third-order valence-corrected chi connectivity index (χ3v) is 3.57. The van der Waals surface area contributed by atoms with E-state index in [1.807, 2.05) is 0 Å². The average Bonchev–Trinajstić information content (AvgIpc) is 2.63. The molecule has 0 bridgehead atoms. The molecule has 8 heteroatoms. The van der Waals surface area contributed by atoms with Crippen molar-refractivity contribution in [3.05, 3.63) is 52.7 Å². The molecule has 0 fully saturated rings. The molecule has 0 unspecified atom stereocenters. The maximum atomic E-state index is 12.5. The summed E-state index contributed by atoms with van der Waals surface area (Å²) in [4.78, 5) is 28.4. The molecule has 0 aliphatic heterocycles. The fourth-order valence-corrected chi connectivity index (χ4v) is 2.21. The summed E-state index contributed by atoms with van der Waals surface area (Å²) in [7, 11) is 3.06. The first-order valence-electron chi connectivity index (χ1n) is 7.46. The van der Waals surface area contributed by atoms with Crippen molar-refractivity contribution in [3.8, 4) is 5.88 Å². The van der Waals surface area contributed by atoms with E-state index in [2.05, 4.69) is 15.6 Å². The number of ether oxygens (including phenoxy) is 2. The number of pyridine rings is 1. The molecule has 2 amide bonds. The predicted molar refractivity (Wildman–Crippen MR) is 94.4 cm³/mol. The Balaban J connectivity index is 2.19. The van der Waals surface area contributed by atoms with Gasteiger partial charge in [0, 0.05) is 26.0 Å². The van der Waals surface area contributed by atoms with E-state index in [1.165, 1.54) is 19.3 Å². The third-order valence-electron chi connectivity index (χ3n) is 3.24. The number of amides is 2. The van der Waals surface area contributed by atoms with E-state index in [4.69, 9.17) is 21.1 Å². The zero-order chi connectivity index (χ0) is 18.2. The van der Waals surface area contributed by atoms with E-state index in [0.717, 1.165) is 0 Å². The molecule has 132 valence electrons. The minimum atomic E-state index is -0.411. The lowest BCUT2D eigenvalue weighted by atomic mass is 10.1. The first kappa shape index (κ1) is 18.7. The lowest BCUT2D eigenvalue weighted by Crippen LogP contribution is -2.19. The molecule has 7 nitrogen and oxygen atoms in total. The standard InChI is InChI=1S/C17H18ClN3O4/c1-19-15(22)13-10-11(5-6-14(13)18)21-16(23)12-4-3-7-20-17(12)25-9-8-24-2/h3-7,10H,8-9H2,1-2H3,(H,19,22)(H,21,23). The number of carbonyl (C=O) groups excluding carboxylic acids is 2. The second-order valence-electron chi connectivity index (χ2n) is 4.93. The van der Waals surface area contributed by atoms with Crippen LogP contribution in [0.25, 0.3) is 0 Å². The highest BCUT2D eigenvalue weighted by Crippen LogP contribution is 2.22. The number of aromatic nitrogens is 1. The molecule has 1 heterocycles. The molecule has 0 spiro atoms. The summed E-state index contributed by atoms with van der Waals surface area (Å²) in [6, 6.07) is 7.88. The quantitative estimate of drug-likeness (QED) is 0.737. The highest BCUT2D eigenvalue weighted by Gasteiger charge is 2.15. The zero-order valence-electron chi connectivity index (χ0n) is 13.8. The molecule has 1 aromatic carbocycles. The van der Waals surface area contributed by atoms with Crippen LogP contribution < -0.4 is 15.4 Å². The minimum Gasteiger partial charge on any atom is -0.475 e. The largest absolute Gasteiger partial charge is 0.475 e. The highest BCUT2D eigenvalue weighted by molar-refractivity contribution is 6.34. The van der Waals surface area contributed by atoms with Crippen LogP contribution in [-0.2, 0) is 4.74 Å². The van der Waals surface area contributed by atoms with Gasteiger partial charge in [-0.25, -0.2) is 4.98 Å². The smallest absolute Gasteiger partial charge is 0.261 e. The summed E-state index contributed by atoms with van der Waals surface area (Å²) >= 11 is 6.00. The Morgan fingerprint density at radius 3 is 2.68 bits per heavy atom. The number of halogens is 1. The fourth-order valence-electron chi connectivity index (χ4n) is 2.01. The van der Waals surface area contributed by atoms with E-state index in [-0.39, 0.29) is 29.5 Å². The van der Waals surface area contributed by atoms with Crippen LogP contribution in [0.3, 0.4) is 0 Å². The summed E-state index contributed by atoms with van der Waals surface area (Å²) in [5.74, 6) is -0.547. The molecule has 2 aromatic rings. The van der Waals surface area contributed by atoms with Gasteiger partial charge in [0.1, 0.15) is 12.2 Å². The van der Waals surface area contributed by atoms with Crippen LogP contribution in [0.2, 0.25) is 5.02 Å². The van der Waals surface area contributed by atoms with Crippen molar-refractivity contribution in [1.82, 2.24) is 10.3 Å². The van der Waals surface area contributed by atoms with Crippen molar-refractivity contribution >= 4 is 29.1 Å². The van der Waals surface area contributed by atoms with Crippen LogP contribution in [0.15, 0.2) is 36.5 Å². The van der Waals surface area contributed by atoms with Crippen molar-refractivity contribution in [2.75, 3.05) is 32.7 Å². The summed E-state index contributed by atoms with van der Waals surface area (Å²) in [5.41, 5.74) is 0.972. The topological polar surface area (TPSA) is 89.6 Å². The highest BCUT2D eigenvalue weighted by atomic mass is 35.5. The lowest BCUT2D eigenvalue weighted by Gasteiger charge is -2.11. The number of benzene rings is 1. The monoisotopic (exact) mass is 363 g/mol. The van der Waals surface area contributed by atoms with E-state index < -0.39 is 5.91 Å². The molecule has 0 aliphatic rings. The van der Waals surface area contributed by atoms with Crippen LogP contribution >= 0.6 is 11.6 Å². The molecule has 2 N–H and O–H groups in total. The summed E-state index contributed by atoms with van der Waals surface area (Å²) in [6.45, 7) is 0.653. The van der Waals surface area contributed by atoms with Gasteiger partial charge in [0.05, 0.1) is 17.2 Å². The van der Waals surface area contributed by atoms with Crippen LogP contribution in [0.4, 0.5) is 5.69 Å². The molecular formula is C17H18ClN3O4. The average molecular weight is 364 g/mol. The number of hydrogen-bond donors (Lipinski definition) is 2. The van der Waals surface area contributed by atoms with Gasteiger partial charge < -0.3 is 20.1 Å². The summed E-state index contributed by atoms with van der Waals surface area (Å²) in [5, 5.41) is 5.49. The molecule has 0 aliphatic carbocycles. The number of carbonyl (C=O) groups is 2. The number of nitrogens with one attached hydrogen (secondary N) is 2. The van der Waals surface area contributed by atoms with Gasteiger partial charge in [0.2, 0.25) is 5.88 Å². The normalized spacial score (nSPS) is 10.2. The molecule has 2 rings (SSSR count). The molecule has 25 heavy (non-hydrogen) atoms. The molecule has 0 atom stereocenters. The molecule has 0 saturated carbocycles. The van der Waals surface area contributed by atoms with Crippen molar-refractivity contribution < 1.29 is 19.1 Å². The Bertz CT molecular complexity index is 767. The SMILES string of the molecule is CNC(=O)c1cc(NC(=O)c2cccnc2OCCOC)ccc1Cl. The first-order chi connectivity index (χ1) is 12.1. The van der Waals surface area contributed by atoms with Gasteiger partial charge in [-0.2, -0.15) is 0 Å². The van der Waals surface area contributed by atoms with Crippen LogP contribution in [0, 0.1) is 0 Å². The Labute approximate surface area is 150 Å². The number of anilines is 1. The van der Waals surface area contributed by atoms with Crippen molar-refractivity contribution in [2.24, 2.45) is 0 Å². The Morgan fingerprint density at radius 1 is 1.16 bits per heavy atom. The van der Waals surface area contributed by atoms with Crippen molar-refractivity contribution in [3.63, 3.8) is 0 Å². The lowest BCUT2D eigenvalue weighted by molar-refractivity contribution is 0.0961.